The summed E-state index contributed by atoms with van der Waals surface area (Å²) in [6.07, 6.45) is 5.44. The number of unbranched alkanes of at least 4 members (excludes halogenated alkanes) is 3. The predicted molar refractivity (Wildman–Crippen MR) is 203 cm³/mol. The van der Waals surface area contributed by atoms with Crippen molar-refractivity contribution in [1.82, 2.24) is 10.2 Å². The third-order valence-electron chi connectivity index (χ3n) is 11.0. The lowest BCUT2D eigenvalue weighted by Gasteiger charge is -2.31. The summed E-state index contributed by atoms with van der Waals surface area (Å²) >= 11 is 0. The number of benzene rings is 1. The number of nitrogens with two attached hydrogens (primary N) is 1. The van der Waals surface area contributed by atoms with Gasteiger partial charge in [-0.15, -0.1) is 0 Å². The molecule has 0 spiro atoms. The molecule has 1 aromatic carbocycles. The van der Waals surface area contributed by atoms with Crippen molar-refractivity contribution in [3.05, 3.63) is 35.9 Å². The fourth-order valence-corrected chi connectivity index (χ4v) is 9.58. The minimum atomic E-state index is -4.64. The Morgan fingerprint density at radius 3 is 2.46 bits per heavy atom. The SMILES string of the molecule is CCOP(=O)(O)[C@H]1C[C@H]1/C=C\CCCCC[C@H](NC(O)OC1CCCC1)C(=O)N1C[C@H](OC(=O)Nc2cc(C(F)(F)F)ccc2N2CCCCC2)C[C@H]1C(N)=O. The van der Waals surface area contributed by atoms with Crippen LogP contribution >= 0.6 is 7.60 Å². The van der Waals surface area contributed by atoms with Gasteiger partial charge in [-0.05, 0) is 88.8 Å². The van der Waals surface area contributed by atoms with Gasteiger partial charge in [0.25, 0.3) is 0 Å². The largest absolute Gasteiger partial charge is 0.444 e. The van der Waals surface area contributed by atoms with E-state index in [9.17, 15) is 42.1 Å². The summed E-state index contributed by atoms with van der Waals surface area (Å²) in [4.78, 5) is 53.0. The Morgan fingerprint density at radius 2 is 1.79 bits per heavy atom. The Bertz CT molecular complexity index is 1570. The quantitative estimate of drug-likeness (QED) is 0.0476. The van der Waals surface area contributed by atoms with Gasteiger partial charge in [-0.25, -0.2) is 4.79 Å². The summed E-state index contributed by atoms with van der Waals surface area (Å²) in [6, 6.07) is 1.07. The molecular weight excluding hydrogens is 758 g/mol. The number of amides is 3. The second-order valence-electron chi connectivity index (χ2n) is 15.2. The van der Waals surface area contributed by atoms with E-state index in [1.165, 1.54) is 11.0 Å². The van der Waals surface area contributed by atoms with Crippen molar-refractivity contribution in [3.63, 3.8) is 0 Å². The van der Waals surface area contributed by atoms with Crippen LogP contribution in [0.5, 0.6) is 0 Å². The van der Waals surface area contributed by atoms with Crippen molar-refractivity contribution in [2.24, 2.45) is 11.7 Å². The van der Waals surface area contributed by atoms with E-state index < -0.39 is 61.8 Å². The topological polar surface area (TPSA) is 193 Å². The number of hydrogen-bond donors (Lipinski definition) is 5. The Hall–Kier alpha value is -3.21. The lowest BCUT2D eigenvalue weighted by molar-refractivity contribution is -0.164. The number of primary amides is 1. The molecule has 2 heterocycles. The van der Waals surface area contributed by atoms with Crippen molar-refractivity contribution >= 4 is 36.9 Å². The molecule has 4 aliphatic rings. The summed E-state index contributed by atoms with van der Waals surface area (Å²) in [7, 11) is -3.59. The molecule has 2 aliphatic carbocycles. The van der Waals surface area contributed by atoms with Crippen molar-refractivity contribution in [1.29, 1.82) is 0 Å². The second kappa shape index (κ2) is 20.0. The average molecular weight is 816 g/mol. The zero-order valence-electron chi connectivity index (χ0n) is 32.0. The first-order chi connectivity index (χ1) is 26.7. The van der Waals surface area contributed by atoms with Crippen LogP contribution in [0.15, 0.2) is 30.4 Å². The number of likely N-dealkylation sites (tertiary alicyclic amines) is 1. The zero-order valence-corrected chi connectivity index (χ0v) is 32.9. The molecule has 56 heavy (non-hydrogen) atoms. The minimum absolute atomic E-state index is 0.0140. The van der Waals surface area contributed by atoms with Crippen LogP contribution in [-0.4, -0.2) is 95.4 Å². The zero-order chi connectivity index (χ0) is 40.5. The molecule has 14 nitrogen and oxygen atoms in total. The van der Waals surface area contributed by atoms with E-state index in [1.807, 2.05) is 17.1 Å². The van der Waals surface area contributed by atoms with Crippen LogP contribution in [0.2, 0.25) is 0 Å². The van der Waals surface area contributed by atoms with Crippen LogP contribution in [0, 0.1) is 5.92 Å². The van der Waals surface area contributed by atoms with Gasteiger partial charge in [-0.3, -0.25) is 24.8 Å². The number of halogens is 3. The Balaban J connectivity index is 1.19. The molecule has 0 radical (unpaired) electrons. The fourth-order valence-electron chi connectivity index (χ4n) is 7.93. The molecular formula is C38H57F3N5O9P. The highest BCUT2D eigenvalue weighted by atomic mass is 31.2. The molecule has 314 valence electrons. The maximum atomic E-state index is 14.1. The number of allylic oxidation sites excluding steroid dienone is 2. The molecule has 2 aliphatic heterocycles. The molecule has 3 amide bonds. The van der Waals surface area contributed by atoms with Gasteiger partial charge in [0, 0.05) is 19.5 Å². The molecule has 7 atom stereocenters. The third-order valence-corrected chi connectivity index (χ3v) is 13.0. The Labute approximate surface area is 326 Å². The number of alkyl halides is 3. The monoisotopic (exact) mass is 815 g/mol. The molecule has 1 aromatic rings. The lowest BCUT2D eigenvalue weighted by atomic mass is 10.0. The summed E-state index contributed by atoms with van der Waals surface area (Å²) in [6.45, 7) is 2.90. The molecule has 2 saturated carbocycles. The molecule has 18 heteroatoms. The number of rotatable bonds is 19. The molecule has 2 unspecified atom stereocenters. The van der Waals surface area contributed by atoms with E-state index >= 15 is 0 Å². The number of aliphatic hydroxyl groups is 1. The van der Waals surface area contributed by atoms with Crippen LogP contribution < -0.4 is 21.3 Å². The van der Waals surface area contributed by atoms with E-state index in [-0.39, 0.29) is 49.4 Å². The molecule has 2 saturated heterocycles. The second-order valence-corrected chi connectivity index (χ2v) is 17.3. The van der Waals surface area contributed by atoms with Gasteiger partial charge in [0.1, 0.15) is 12.1 Å². The van der Waals surface area contributed by atoms with Gasteiger partial charge >= 0.3 is 19.9 Å². The van der Waals surface area contributed by atoms with Crippen LogP contribution in [-0.2, 0) is 34.3 Å². The van der Waals surface area contributed by atoms with E-state index in [2.05, 4.69) is 10.6 Å². The first-order valence-corrected chi connectivity index (χ1v) is 21.6. The number of piperidine rings is 1. The Morgan fingerprint density at radius 1 is 1.05 bits per heavy atom. The first-order valence-electron chi connectivity index (χ1n) is 19.9. The summed E-state index contributed by atoms with van der Waals surface area (Å²) in [5.74, 6) is -1.35. The highest BCUT2D eigenvalue weighted by Crippen LogP contribution is 2.62. The predicted octanol–water partition coefficient (Wildman–Crippen LogP) is 6.01. The molecule has 6 N–H and O–H groups in total. The van der Waals surface area contributed by atoms with Gasteiger partial charge in [-0.2, -0.15) is 13.2 Å². The van der Waals surface area contributed by atoms with E-state index in [0.717, 1.165) is 76.3 Å². The summed E-state index contributed by atoms with van der Waals surface area (Å²) in [5, 5.41) is 16.1. The van der Waals surface area contributed by atoms with Crippen LogP contribution in [0.1, 0.15) is 102 Å². The maximum absolute atomic E-state index is 14.1. The summed E-state index contributed by atoms with van der Waals surface area (Å²) in [5.41, 5.74) is 4.79. The minimum Gasteiger partial charge on any atom is -0.444 e. The fraction of sp³-hybridized carbons (Fsp3) is 0.711. The van der Waals surface area contributed by atoms with Gasteiger partial charge < -0.3 is 39.5 Å². The summed E-state index contributed by atoms with van der Waals surface area (Å²) < 4.78 is 69.5. The standard InChI is InChI=1S/C38H57F3N5O9P/c1-2-53-56(51,52)33-21-25(33)13-7-4-3-5-8-16-29(43-36(49)54-27-14-9-10-15-27)35(48)46-24-28(23-32(46)34(42)47)55-37(50)44-30-22-26(38(39,40)41)17-18-31(30)45-19-11-6-12-20-45/h7,13,17-18,22,25,27-29,32-33,36,43,49H,2-6,8-12,14-16,19-21,23-24H2,1H3,(H2,42,47)(H,44,50)(H,51,52)/b13-7-/t25-,28-,29+,32+,33+,36?/m1/s1. The van der Waals surface area contributed by atoms with Gasteiger partial charge in [-0.1, -0.05) is 37.8 Å². The van der Waals surface area contributed by atoms with Gasteiger partial charge in [0.2, 0.25) is 18.2 Å². The Kier molecular flexibility index (Phi) is 15.7. The normalized spacial score (nSPS) is 25.2. The molecule has 5 rings (SSSR count). The van der Waals surface area contributed by atoms with Crippen LogP contribution in [0.25, 0.3) is 0 Å². The number of anilines is 2. The van der Waals surface area contributed by atoms with Gasteiger partial charge in [0.05, 0.1) is 47.9 Å². The maximum Gasteiger partial charge on any atom is 0.416 e. The number of nitrogens with one attached hydrogen (secondary N) is 2. The highest BCUT2D eigenvalue weighted by molar-refractivity contribution is 7.54. The van der Waals surface area contributed by atoms with Crippen molar-refractivity contribution in [3.8, 4) is 0 Å². The number of aliphatic hydroxyl groups excluding tert-OH is 1. The van der Waals surface area contributed by atoms with E-state index in [4.69, 9.17) is 19.7 Å². The number of ether oxygens (including phenoxy) is 2. The van der Waals surface area contributed by atoms with Crippen molar-refractivity contribution < 1.29 is 56.1 Å². The van der Waals surface area contributed by atoms with Crippen molar-refractivity contribution in [2.75, 3.05) is 36.5 Å². The number of nitrogens with zero attached hydrogens (tertiary/aromatic N) is 2. The number of carbonyl (C=O) groups excluding carboxylic acids is 3. The van der Waals surface area contributed by atoms with E-state index in [0.29, 0.717) is 31.6 Å². The number of carbonyl (C=O) groups is 3. The van der Waals surface area contributed by atoms with Crippen LogP contribution in [0.4, 0.5) is 29.3 Å². The third kappa shape index (κ3) is 12.4. The molecule has 4 fully saturated rings. The lowest BCUT2D eigenvalue weighted by Crippen LogP contribution is -2.54. The van der Waals surface area contributed by atoms with Gasteiger partial charge in [0.15, 0.2) is 0 Å². The highest BCUT2D eigenvalue weighted by Gasteiger charge is 2.49. The average Bonchev–Trinajstić information content (AvgIpc) is 3.53. The first kappa shape index (κ1) is 43.9. The molecule has 0 aromatic heterocycles. The molecule has 0 bridgehead atoms. The van der Waals surface area contributed by atoms with Crippen molar-refractivity contribution in [2.45, 2.75) is 139 Å². The van der Waals surface area contributed by atoms with E-state index in [1.54, 1.807) is 6.92 Å². The smallest absolute Gasteiger partial charge is 0.416 e. The van der Waals surface area contributed by atoms with Crippen LogP contribution in [0.3, 0.4) is 0 Å². The number of hydrogen-bond acceptors (Lipinski definition) is 10.